The Labute approximate surface area is 192 Å². The molecule has 2 heterocycles. The van der Waals surface area contributed by atoms with E-state index in [1.807, 2.05) is 41.9 Å². The monoisotopic (exact) mass is 452 g/mol. The smallest absolute Gasteiger partial charge is 0.337 e. The van der Waals surface area contributed by atoms with Gasteiger partial charge >= 0.3 is 11.9 Å². The summed E-state index contributed by atoms with van der Waals surface area (Å²) in [4.78, 5) is 29.9. The van der Waals surface area contributed by atoms with E-state index in [4.69, 9.17) is 9.47 Å². The summed E-state index contributed by atoms with van der Waals surface area (Å²) in [7, 11) is 2.77. The number of carbonyl (C=O) groups is 2. The molecule has 0 unspecified atom stereocenters. The number of thiophene rings is 1. The zero-order valence-corrected chi connectivity index (χ0v) is 19.5. The maximum atomic E-state index is 12.5. The molecule has 0 spiro atoms. The first-order valence-electron chi connectivity index (χ1n) is 10.6. The van der Waals surface area contributed by atoms with Crippen LogP contribution in [-0.4, -0.2) is 35.7 Å². The second kappa shape index (κ2) is 11.4. The lowest BCUT2D eigenvalue weighted by Gasteiger charge is -2.12. The van der Waals surface area contributed by atoms with Crippen LogP contribution in [0.4, 0.5) is 0 Å². The second-order valence-electron chi connectivity index (χ2n) is 7.39. The fraction of sp³-hybridized carbons (Fsp3) is 0.320. The first-order valence-corrected chi connectivity index (χ1v) is 11.5. The minimum absolute atomic E-state index is 0.344. The number of aromatic nitrogens is 2. The van der Waals surface area contributed by atoms with Crippen molar-refractivity contribution in [2.45, 2.75) is 39.2 Å². The maximum Gasteiger partial charge on any atom is 0.337 e. The van der Waals surface area contributed by atoms with E-state index in [1.165, 1.54) is 14.2 Å². The van der Waals surface area contributed by atoms with Crippen molar-refractivity contribution in [3.05, 3.63) is 81.1 Å². The first kappa shape index (κ1) is 23.5. The molecule has 0 aliphatic rings. The standard InChI is InChI=1S/C25H28N2O4S/c1-4-5-8-23-26-16-21(14-20(25(29)31-3)15-22-7-6-13-32-22)27(23)17-18-9-11-19(12-10-18)24(28)30-2/h6-7,9-14,16H,4-5,8,15,17H2,1-3H3/b20-14+. The van der Waals surface area contributed by atoms with Crippen molar-refractivity contribution in [1.29, 1.82) is 0 Å². The quantitative estimate of drug-likeness (QED) is 0.323. The van der Waals surface area contributed by atoms with E-state index in [0.29, 0.717) is 24.1 Å². The fourth-order valence-electron chi connectivity index (χ4n) is 3.40. The van der Waals surface area contributed by atoms with Crippen LogP contribution in [0.1, 0.15) is 52.1 Å². The summed E-state index contributed by atoms with van der Waals surface area (Å²) in [6.07, 6.45) is 7.14. The van der Waals surface area contributed by atoms with Gasteiger partial charge in [-0.15, -0.1) is 11.3 Å². The molecule has 0 radical (unpaired) electrons. The van der Waals surface area contributed by atoms with E-state index in [9.17, 15) is 9.59 Å². The highest BCUT2D eigenvalue weighted by atomic mass is 32.1. The average molecular weight is 453 g/mol. The second-order valence-corrected chi connectivity index (χ2v) is 8.43. The number of aryl methyl sites for hydroxylation is 1. The molecule has 0 amide bonds. The molecule has 168 valence electrons. The molecule has 1 aromatic carbocycles. The molecule has 7 heteroatoms. The summed E-state index contributed by atoms with van der Waals surface area (Å²) < 4.78 is 11.9. The summed E-state index contributed by atoms with van der Waals surface area (Å²) in [6, 6.07) is 11.3. The van der Waals surface area contributed by atoms with Gasteiger partial charge in [-0.25, -0.2) is 14.6 Å². The van der Waals surface area contributed by atoms with Gasteiger partial charge in [0.15, 0.2) is 0 Å². The molecule has 3 rings (SSSR count). The fourth-order valence-corrected chi connectivity index (χ4v) is 4.13. The number of hydrogen-bond donors (Lipinski definition) is 0. The van der Waals surface area contributed by atoms with E-state index in [1.54, 1.807) is 23.5 Å². The lowest BCUT2D eigenvalue weighted by Crippen LogP contribution is -2.10. The highest BCUT2D eigenvalue weighted by molar-refractivity contribution is 7.09. The van der Waals surface area contributed by atoms with Crippen molar-refractivity contribution in [1.82, 2.24) is 9.55 Å². The molecule has 0 aliphatic heterocycles. The van der Waals surface area contributed by atoms with Gasteiger partial charge in [0.25, 0.3) is 0 Å². The predicted molar refractivity (Wildman–Crippen MR) is 126 cm³/mol. The average Bonchev–Trinajstić information content (AvgIpc) is 3.47. The van der Waals surface area contributed by atoms with Crippen LogP contribution in [0.15, 0.2) is 53.5 Å². The van der Waals surface area contributed by atoms with Gasteiger partial charge in [0.2, 0.25) is 0 Å². The summed E-state index contributed by atoms with van der Waals surface area (Å²) in [5.41, 5.74) is 2.97. The predicted octanol–water partition coefficient (Wildman–Crippen LogP) is 4.92. The highest BCUT2D eigenvalue weighted by Gasteiger charge is 2.15. The Bertz CT molecular complexity index is 1070. The first-order chi connectivity index (χ1) is 15.5. The van der Waals surface area contributed by atoms with Crippen molar-refractivity contribution in [2.24, 2.45) is 0 Å². The lowest BCUT2D eigenvalue weighted by atomic mass is 10.1. The Morgan fingerprint density at radius 1 is 1.12 bits per heavy atom. The summed E-state index contributed by atoms with van der Waals surface area (Å²) in [5, 5.41) is 2.00. The van der Waals surface area contributed by atoms with Crippen LogP contribution in [0.3, 0.4) is 0 Å². The van der Waals surface area contributed by atoms with E-state index < -0.39 is 0 Å². The van der Waals surface area contributed by atoms with Crippen molar-refractivity contribution >= 4 is 29.4 Å². The number of ether oxygens (including phenoxy) is 2. The number of benzene rings is 1. The Kier molecular flexibility index (Phi) is 8.39. The number of rotatable bonds is 10. The van der Waals surface area contributed by atoms with Crippen LogP contribution in [0, 0.1) is 0 Å². The van der Waals surface area contributed by atoms with Crippen LogP contribution in [0.5, 0.6) is 0 Å². The van der Waals surface area contributed by atoms with E-state index in [0.717, 1.165) is 41.2 Å². The molecule has 0 atom stereocenters. The third-order valence-electron chi connectivity index (χ3n) is 5.15. The Morgan fingerprint density at radius 3 is 2.53 bits per heavy atom. The van der Waals surface area contributed by atoms with Gasteiger partial charge in [-0.2, -0.15) is 0 Å². The largest absolute Gasteiger partial charge is 0.466 e. The Hall–Kier alpha value is -3.19. The van der Waals surface area contributed by atoms with E-state index in [2.05, 4.69) is 16.5 Å². The van der Waals surface area contributed by atoms with Gasteiger partial charge in [0.1, 0.15) is 5.82 Å². The van der Waals surface area contributed by atoms with Crippen LogP contribution >= 0.6 is 11.3 Å². The third-order valence-corrected chi connectivity index (χ3v) is 6.03. The molecule has 0 bridgehead atoms. The number of imidazole rings is 1. The number of unbranched alkanes of at least 4 members (excludes halogenated alkanes) is 1. The molecule has 2 aromatic heterocycles. The minimum Gasteiger partial charge on any atom is -0.466 e. The van der Waals surface area contributed by atoms with Gasteiger partial charge in [-0.3, -0.25) is 0 Å². The van der Waals surface area contributed by atoms with E-state index in [-0.39, 0.29) is 11.9 Å². The van der Waals surface area contributed by atoms with Gasteiger partial charge < -0.3 is 14.0 Å². The third kappa shape index (κ3) is 5.95. The number of methoxy groups -OCH3 is 2. The molecule has 0 saturated carbocycles. The van der Waals surface area contributed by atoms with Gasteiger partial charge in [0.05, 0.1) is 31.7 Å². The summed E-state index contributed by atoms with van der Waals surface area (Å²) in [5.74, 6) is 0.266. The molecule has 32 heavy (non-hydrogen) atoms. The van der Waals surface area contributed by atoms with Crippen molar-refractivity contribution in [3.63, 3.8) is 0 Å². The molecule has 0 fully saturated rings. The SMILES string of the molecule is CCCCc1ncc(/C=C(\Cc2cccs2)C(=O)OC)n1Cc1ccc(C(=O)OC)cc1. The zero-order valence-electron chi connectivity index (χ0n) is 18.7. The number of nitrogens with zero attached hydrogens (tertiary/aromatic N) is 2. The number of carbonyl (C=O) groups excluding carboxylic acids is 2. The normalized spacial score (nSPS) is 11.4. The number of esters is 2. The van der Waals surface area contributed by atoms with Gasteiger partial charge in [0, 0.05) is 29.8 Å². The lowest BCUT2D eigenvalue weighted by molar-refractivity contribution is -0.136. The Morgan fingerprint density at radius 2 is 1.91 bits per heavy atom. The molecule has 3 aromatic rings. The van der Waals surface area contributed by atoms with Crippen LogP contribution in [0.25, 0.3) is 6.08 Å². The molecular formula is C25H28N2O4S. The summed E-state index contributed by atoms with van der Waals surface area (Å²) >= 11 is 1.61. The van der Waals surface area contributed by atoms with Crippen LogP contribution in [-0.2, 0) is 33.7 Å². The van der Waals surface area contributed by atoms with Crippen molar-refractivity contribution in [2.75, 3.05) is 14.2 Å². The van der Waals surface area contributed by atoms with Crippen molar-refractivity contribution < 1.29 is 19.1 Å². The maximum absolute atomic E-state index is 12.5. The number of hydrogen-bond acceptors (Lipinski definition) is 6. The topological polar surface area (TPSA) is 70.4 Å². The molecule has 0 aliphatic carbocycles. The van der Waals surface area contributed by atoms with E-state index >= 15 is 0 Å². The van der Waals surface area contributed by atoms with Crippen molar-refractivity contribution in [3.8, 4) is 0 Å². The highest BCUT2D eigenvalue weighted by Crippen LogP contribution is 2.20. The Balaban J connectivity index is 1.94. The van der Waals surface area contributed by atoms with Crippen LogP contribution < -0.4 is 0 Å². The zero-order chi connectivity index (χ0) is 22.9. The molecule has 0 saturated heterocycles. The van der Waals surface area contributed by atoms with Crippen LogP contribution in [0.2, 0.25) is 0 Å². The van der Waals surface area contributed by atoms with Gasteiger partial charge in [-0.05, 0) is 41.6 Å². The van der Waals surface area contributed by atoms with Gasteiger partial charge in [-0.1, -0.05) is 31.5 Å². The molecule has 0 N–H and O–H groups in total. The molecule has 6 nitrogen and oxygen atoms in total. The summed E-state index contributed by atoms with van der Waals surface area (Å²) in [6.45, 7) is 2.73. The molecular weight excluding hydrogens is 424 g/mol. The minimum atomic E-state index is -0.359.